The van der Waals surface area contributed by atoms with Gasteiger partial charge >= 0.3 is 5.63 Å². The quantitative estimate of drug-likeness (QED) is 0.813. The number of aromatic hydroxyl groups is 1. The molecule has 3 rings (SSSR count). The van der Waals surface area contributed by atoms with E-state index in [9.17, 15) is 9.90 Å². The number of nitrogens with one attached hydrogen (secondary N) is 1. The second-order valence-corrected chi connectivity index (χ2v) is 5.71. The molecule has 1 saturated heterocycles. The smallest absolute Gasteiger partial charge is 0.336 e. The molecule has 4 heteroatoms. The Morgan fingerprint density at radius 3 is 2.70 bits per heavy atom. The van der Waals surface area contributed by atoms with Gasteiger partial charge in [0.05, 0.1) is 13.1 Å². The maximum atomic E-state index is 11.7. The fourth-order valence-electron chi connectivity index (χ4n) is 3.01. The number of hydrogen-bond donors (Lipinski definition) is 2. The van der Waals surface area contributed by atoms with Crippen LogP contribution in [0.15, 0.2) is 27.4 Å². The van der Waals surface area contributed by atoms with Gasteiger partial charge in [0.25, 0.3) is 0 Å². The van der Waals surface area contributed by atoms with Crippen LogP contribution >= 0.6 is 0 Å². The minimum Gasteiger partial charge on any atom is -0.508 e. The highest BCUT2D eigenvalue weighted by Crippen LogP contribution is 2.25. The van der Waals surface area contributed by atoms with Gasteiger partial charge in [0.15, 0.2) is 0 Å². The summed E-state index contributed by atoms with van der Waals surface area (Å²) < 4.78 is 5.25. The highest BCUT2D eigenvalue weighted by molar-refractivity contribution is 5.82. The van der Waals surface area contributed by atoms with Crippen LogP contribution in [0.3, 0.4) is 0 Å². The number of phenolic OH excluding ortho intramolecular Hbond substituents is 1. The van der Waals surface area contributed by atoms with E-state index in [0.29, 0.717) is 5.58 Å². The molecule has 0 atom stereocenters. The molecule has 1 aromatic heterocycles. The molecule has 0 unspecified atom stereocenters. The summed E-state index contributed by atoms with van der Waals surface area (Å²) in [5.41, 5.74) is 1.96. The Morgan fingerprint density at radius 1 is 1.20 bits per heavy atom. The number of phenols is 1. The Bertz CT molecular complexity index is 684. The van der Waals surface area contributed by atoms with Gasteiger partial charge in [-0.15, -0.1) is 0 Å². The molecule has 0 saturated carbocycles. The number of aryl methyl sites for hydroxylation is 1. The molecule has 0 bridgehead atoms. The van der Waals surface area contributed by atoms with E-state index in [0.717, 1.165) is 36.1 Å². The van der Waals surface area contributed by atoms with Crippen molar-refractivity contribution in [1.29, 1.82) is 0 Å². The lowest BCUT2D eigenvalue weighted by molar-refractivity contribution is -0.918. The van der Waals surface area contributed by atoms with Crippen molar-refractivity contribution >= 4 is 11.0 Å². The maximum Gasteiger partial charge on any atom is 0.336 e. The summed E-state index contributed by atoms with van der Waals surface area (Å²) in [4.78, 5) is 13.2. The van der Waals surface area contributed by atoms with Gasteiger partial charge in [-0.2, -0.15) is 0 Å². The van der Waals surface area contributed by atoms with Crippen LogP contribution in [0.25, 0.3) is 11.0 Å². The molecule has 1 aliphatic heterocycles. The predicted molar refractivity (Wildman–Crippen MR) is 77.1 cm³/mol. The zero-order valence-corrected chi connectivity index (χ0v) is 11.7. The van der Waals surface area contributed by atoms with E-state index >= 15 is 0 Å². The largest absolute Gasteiger partial charge is 0.508 e. The third kappa shape index (κ3) is 2.56. The van der Waals surface area contributed by atoms with E-state index < -0.39 is 0 Å². The molecular formula is C16H20NO3+. The van der Waals surface area contributed by atoms with Crippen LogP contribution in [0.1, 0.15) is 30.4 Å². The van der Waals surface area contributed by atoms with Gasteiger partial charge in [0.1, 0.15) is 17.9 Å². The molecule has 2 N–H and O–H groups in total. The molecule has 1 fully saturated rings. The van der Waals surface area contributed by atoms with Crippen molar-refractivity contribution < 1.29 is 14.4 Å². The second kappa shape index (κ2) is 5.29. The van der Waals surface area contributed by atoms with Crippen LogP contribution in [0.2, 0.25) is 0 Å². The van der Waals surface area contributed by atoms with Crippen LogP contribution in [-0.4, -0.2) is 18.2 Å². The number of likely N-dealkylation sites (tertiary alicyclic amines) is 1. The van der Waals surface area contributed by atoms with Gasteiger partial charge in [0.2, 0.25) is 0 Å². The summed E-state index contributed by atoms with van der Waals surface area (Å²) in [7, 11) is 0. The lowest BCUT2D eigenvalue weighted by Gasteiger charge is -2.23. The van der Waals surface area contributed by atoms with Crippen molar-refractivity contribution in [2.45, 2.75) is 32.7 Å². The van der Waals surface area contributed by atoms with E-state index in [4.69, 9.17) is 4.42 Å². The number of rotatable bonds is 2. The van der Waals surface area contributed by atoms with Crippen molar-refractivity contribution in [3.8, 4) is 5.75 Å². The summed E-state index contributed by atoms with van der Waals surface area (Å²) in [6.07, 6.45) is 3.80. The van der Waals surface area contributed by atoms with E-state index in [-0.39, 0.29) is 11.4 Å². The van der Waals surface area contributed by atoms with Crippen LogP contribution < -0.4 is 10.5 Å². The summed E-state index contributed by atoms with van der Waals surface area (Å²) >= 11 is 0. The Hall–Kier alpha value is -1.81. The van der Waals surface area contributed by atoms with E-state index in [1.807, 2.05) is 0 Å². The standard InChI is InChI=1S/C16H19NO3/c1-11-7-15-13(9-14(11)18)12(8-16(19)20-15)10-17-5-3-2-4-6-17/h7-9,18H,2-6,10H2,1H3/p+1. The molecule has 4 nitrogen and oxygen atoms in total. The van der Waals surface area contributed by atoms with Gasteiger partial charge in [-0.05, 0) is 43.9 Å². The van der Waals surface area contributed by atoms with E-state index in [2.05, 4.69) is 0 Å². The highest BCUT2D eigenvalue weighted by Gasteiger charge is 2.17. The number of fused-ring (bicyclic) bond motifs is 1. The van der Waals surface area contributed by atoms with Crippen LogP contribution in [0.4, 0.5) is 0 Å². The van der Waals surface area contributed by atoms with Gasteiger partial charge < -0.3 is 14.4 Å². The third-order valence-electron chi connectivity index (χ3n) is 4.15. The number of benzene rings is 1. The lowest BCUT2D eigenvalue weighted by atomic mass is 10.1. The Labute approximate surface area is 117 Å². The van der Waals surface area contributed by atoms with Crippen LogP contribution in [-0.2, 0) is 6.54 Å². The van der Waals surface area contributed by atoms with Gasteiger partial charge in [0, 0.05) is 17.0 Å². The first-order valence-corrected chi connectivity index (χ1v) is 7.23. The molecular weight excluding hydrogens is 254 g/mol. The summed E-state index contributed by atoms with van der Waals surface area (Å²) in [6, 6.07) is 5.02. The average Bonchev–Trinajstić information content (AvgIpc) is 2.42. The summed E-state index contributed by atoms with van der Waals surface area (Å²) in [6.45, 7) is 4.93. The Kier molecular flexibility index (Phi) is 3.49. The van der Waals surface area contributed by atoms with Crippen molar-refractivity contribution in [3.63, 3.8) is 0 Å². The predicted octanol–water partition coefficient (Wildman–Crippen LogP) is 1.38. The summed E-state index contributed by atoms with van der Waals surface area (Å²) in [5.74, 6) is 0.251. The molecule has 106 valence electrons. The molecule has 2 aromatic rings. The van der Waals surface area contributed by atoms with Gasteiger partial charge in [-0.1, -0.05) is 0 Å². The zero-order valence-electron chi connectivity index (χ0n) is 11.7. The molecule has 20 heavy (non-hydrogen) atoms. The number of piperidine rings is 1. The Balaban J connectivity index is 2.04. The molecule has 1 aliphatic rings. The minimum atomic E-state index is -0.311. The number of hydrogen-bond acceptors (Lipinski definition) is 3. The third-order valence-corrected chi connectivity index (χ3v) is 4.15. The SMILES string of the molecule is Cc1cc2oc(=O)cc(C[NH+]3CCCCC3)c2cc1O. The topological polar surface area (TPSA) is 54.9 Å². The normalized spacial score (nSPS) is 16.6. The fourth-order valence-corrected chi connectivity index (χ4v) is 3.01. The van der Waals surface area contributed by atoms with Crippen LogP contribution in [0, 0.1) is 6.92 Å². The van der Waals surface area contributed by atoms with Crippen LogP contribution in [0.5, 0.6) is 5.75 Å². The minimum absolute atomic E-state index is 0.251. The first-order chi connectivity index (χ1) is 9.63. The van der Waals surface area contributed by atoms with E-state index in [1.165, 1.54) is 24.2 Å². The van der Waals surface area contributed by atoms with Crippen molar-refractivity contribution in [2.75, 3.05) is 13.1 Å². The highest BCUT2D eigenvalue weighted by atomic mass is 16.4. The molecule has 0 spiro atoms. The fraction of sp³-hybridized carbons (Fsp3) is 0.438. The van der Waals surface area contributed by atoms with Gasteiger partial charge in [-0.3, -0.25) is 0 Å². The average molecular weight is 274 g/mol. The molecule has 1 aromatic carbocycles. The lowest BCUT2D eigenvalue weighted by Crippen LogP contribution is -3.11. The molecule has 0 radical (unpaired) electrons. The van der Waals surface area contributed by atoms with Crippen molar-refractivity contribution in [2.24, 2.45) is 0 Å². The first-order valence-electron chi connectivity index (χ1n) is 7.23. The molecule has 0 aliphatic carbocycles. The Morgan fingerprint density at radius 2 is 1.95 bits per heavy atom. The first kappa shape index (κ1) is 13.2. The van der Waals surface area contributed by atoms with Gasteiger partial charge in [-0.25, -0.2) is 4.79 Å². The van der Waals surface area contributed by atoms with Crippen molar-refractivity contribution in [1.82, 2.24) is 0 Å². The number of quaternary nitrogens is 1. The molecule has 0 amide bonds. The van der Waals surface area contributed by atoms with Crippen molar-refractivity contribution in [3.05, 3.63) is 39.7 Å². The van der Waals surface area contributed by atoms with E-state index in [1.54, 1.807) is 25.1 Å². The molecule has 2 heterocycles. The zero-order chi connectivity index (χ0) is 14.1. The second-order valence-electron chi connectivity index (χ2n) is 5.71. The monoisotopic (exact) mass is 274 g/mol. The summed E-state index contributed by atoms with van der Waals surface area (Å²) in [5, 5.41) is 10.7. The maximum absolute atomic E-state index is 11.7.